The lowest BCUT2D eigenvalue weighted by atomic mass is 10.2. The molecule has 0 radical (unpaired) electrons. The molecule has 1 aromatic rings. The van der Waals surface area contributed by atoms with Crippen LogP contribution in [0, 0.1) is 11.3 Å². The third-order valence-electron chi connectivity index (χ3n) is 1.99. The van der Waals surface area contributed by atoms with Crippen LogP contribution in [0.1, 0.15) is 34.2 Å². The monoisotopic (exact) mass is 252 g/mol. The van der Waals surface area contributed by atoms with Gasteiger partial charge in [-0.25, -0.2) is 0 Å². The molecular weight excluding hydrogens is 232 g/mol. The molecule has 1 atom stereocenters. The number of nitriles is 1. The van der Waals surface area contributed by atoms with Gasteiger partial charge in [0.05, 0.1) is 16.5 Å². The Morgan fingerprint density at radius 1 is 1.53 bits per heavy atom. The standard InChI is InChI=1S/C11H12N2OS.C2H6.H2/c1-2-10(15)11(14)13-9-6-4-3-5-8(9)7-12;1-2;/h3-6,10,15H,2H2,1H3,(H,13,14);1-2H3;1H. The number of nitrogens with zero attached hydrogens (tertiary/aromatic N) is 1. The Balaban J connectivity index is 0. The molecule has 0 bridgehead atoms. The van der Waals surface area contributed by atoms with E-state index >= 15 is 0 Å². The molecule has 1 unspecified atom stereocenters. The van der Waals surface area contributed by atoms with E-state index in [0.717, 1.165) is 0 Å². The molecule has 17 heavy (non-hydrogen) atoms. The first-order valence-corrected chi connectivity index (χ1v) is 6.18. The number of thiol groups is 1. The minimum atomic E-state index is -0.336. The van der Waals surface area contributed by atoms with E-state index in [1.807, 2.05) is 26.8 Å². The predicted octanol–water partition coefficient (Wildman–Crippen LogP) is 3.48. The van der Waals surface area contributed by atoms with Crippen molar-refractivity contribution < 1.29 is 6.22 Å². The maximum absolute atomic E-state index is 11.5. The summed E-state index contributed by atoms with van der Waals surface area (Å²) in [6.45, 7) is 5.88. The first kappa shape index (κ1) is 15.5. The summed E-state index contributed by atoms with van der Waals surface area (Å²) < 4.78 is 0. The van der Waals surface area contributed by atoms with E-state index in [1.165, 1.54) is 0 Å². The summed E-state index contributed by atoms with van der Waals surface area (Å²) in [4.78, 5) is 11.5. The fourth-order valence-corrected chi connectivity index (χ4v) is 1.16. The number of nitrogens with one attached hydrogen (secondary N) is 1. The van der Waals surface area contributed by atoms with Crippen molar-refractivity contribution in [1.29, 1.82) is 5.26 Å². The molecule has 1 N–H and O–H groups in total. The maximum atomic E-state index is 11.5. The Labute approximate surface area is 110 Å². The highest BCUT2D eigenvalue weighted by Gasteiger charge is 2.12. The third kappa shape index (κ3) is 4.92. The smallest absolute Gasteiger partial charge is 0.237 e. The van der Waals surface area contributed by atoms with Crippen LogP contribution in [-0.2, 0) is 4.79 Å². The van der Waals surface area contributed by atoms with Gasteiger partial charge in [-0.05, 0) is 18.6 Å². The van der Waals surface area contributed by atoms with Crippen LogP contribution in [0.25, 0.3) is 0 Å². The van der Waals surface area contributed by atoms with Crippen LogP contribution in [0.4, 0.5) is 5.69 Å². The van der Waals surface area contributed by atoms with Crippen molar-refractivity contribution in [2.45, 2.75) is 32.4 Å². The molecular formula is C13H20N2OS. The Morgan fingerprint density at radius 2 is 2.12 bits per heavy atom. The molecule has 0 saturated heterocycles. The average Bonchev–Trinajstić information content (AvgIpc) is 2.40. The van der Waals surface area contributed by atoms with E-state index in [0.29, 0.717) is 17.7 Å². The molecule has 4 heteroatoms. The molecule has 1 amide bonds. The second-order valence-electron chi connectivity index (χ2n) is 3.07. The van der Waals surface area contributed by atoms with Crippen molar-refractivity contribution in [3.05, 3.63) is 29.8 Å². The number of benzene rings is 1. The van der Waals surface area contributed by atoms with Crippen molar-refractivity contribution >= 4 is 24.2 Å². The highest BCUT2D eigenvalue weighted by atomic mass is 32.1. The molecule has 0 saturated carbocycles. The molecule has 0 aliphatic heterocycles. The normalized spacial score (nSPS) is 10.5. The highest BCUT2D eigenvalue weighted by molar-refractivity contribution is 7.81. The number of hydrogen-bond acceptors (Lipinski definition) is 3. The van der Waals surface area contributed by atoms with Gasteiger partial charge in [0, 0.05) is 1.43 Å². The number of amides is 1. The zero-order valence-electron chi connectivity index (χ0n) is 10.4. The Kier molecular flexibility index (Phi) is 7.91. The van der Waals surface area contributed by atoms with Crippen molar-refractivity contribution in [2.75, 3.05) is 5.32 Å². The first-order valence-electron chi connectivity index (χ1n) is 5.67. The van der Waals surface area contributed by atoms with E-state index < -0.39 is 0 Å². The van der Waals surface area contributed by atoms with Crippen LogP contribution < -0.4 is 5.32 Å². The van der Waals surface area contributed by atoms with E-state index in [9.17, 15) is 4.79 Å². The average molecular weight is 252 g/mol. The van der Waals surface area contributed by atoms with Gasteiger partial charge in [-0.2, -0.15) is 17.9 Å². The second kappa shape index (κ2) is 8.66. The van der Waals surface area contributed by atoms with Gasteiger partial charge in [-0.1, -0.05) is 32.9 Å². The fourth-order valence-electron chi connectivity index (χ4n) is 1.09. The number of carbonyl (C=O) groups excluding carboxylic acids is 1. The van der Waals surface area contributed by atoms with Gasteiger partial charge in [-0.15, -0.1) is 0 Å². The van der Waals surface area contributed by atoms with Crippen LogP contribution in [0.5, 0.6) is 0 Å². The fraction of sp³-hybridized carbons (Fsp3) is 0.385. The van der Waals surface area contributed by atoms with Crippen molar-refractivity contribution in [1.82, 2.24) is 0 Å². The van der Waals surface area contributed by atoms with Gasteiger partial charge in [0.2, 0.25) is 5.91 Å². The summed E-state index contributed by atoms with van der Waals surface area (Å²) >= 11 is 4.12. The summed E-state index contributed by atoms with van der Waals surface area (Å²) in [7, 11) is 0. The molecule has 94 valence electrons. The number of anilines is 1. The quantitative estimate of drug-likeness (QED) is 0.809. The van der Waals surface area contributed by atoms with Crippen LogP contribution in [0.3, 0.4) is 0 Å². The van der Waals surface area contributed by atoms with Crippen molar-refractivity contribution in [3.8, 4) is 6.07 Å². The Bertz CT molecular complexity index is 404. The number of para-hydroxylation sites is 1. The lowest BCUT2D eigenvalue weighted by molar-refractivity contribution is -0.115. The zero-order valence-corrected chi connectivity index (χ0v) is 11.3. The second-order valence-corrected chi connectivity index (χ2v) is 3.69. The van der Waals surface area contributed by atoms with Gasteiger partial charge >= 0.3 is 0 Å². The van der Waals surface area contributed by atoms with Crippen LogP contribution in [0.2, 0.25) is 0 Å². The molecule has 0 spiro atoms. The zero-order chi connectivity index (χ0) is 13.3. The molecule has 0 heterocycles. The Morgan fingerprint density at radius 3 is 2.65 bits per heavy atom. The van der Waals surface area contributed by atoms with E-state index in [1.54, 1.807) is 24.3 Å². The summed E-state index contributed by atoms with van der Waals surface area (Å²) in [5, 5.41) is 11.1. The topological polar surface area (TPSA) is 52.9 Å². The highest BCUT2D eigenvalue weighted by Crippen LogP contribution is 2.15. The molecule has 0 aliphatic carbocycles. The van der Waals surface area contributed by atoms with E-state index in [-0.39, 0.29) is 12.6 Å². The van der Waals surface area contributed by atoms with Crippen LogP contribution in [0.15, 0.2) is 24.3 Å². The lowest BCUT2D eigenvalue weighted by Gasteiger charge is -2.10. The van der Waals surface area contributed by atoms with Crippen LogP contribution in [-0.4, -0.2) is 11.2 Å². The summed E-state index contributed by atoms with van der Waals surface area (Å²) in [6, 6.07) is 8.91. The summed E-state index contributed by atoms with van der Waals surface area (Å²) in [5.74, 6) is -0.177. The van der Waals surface area contributed by atoms with Crippen molar-refractivity contribution in [3.63, 3.8) is 0 Å². The molecule has 0 aromatic heterocycles. The molecule has 3 nitrogen and oxygen atoms in total. The predicted molar refractivity (Wildman–Crippen MR) is 76.3 cm³/mol. The minimum absolute atomic E-state index is 0. The minimum Gasteiger partial charge on any atom is -0.324 e. The van der Waals surface area contributed by atoms with E-state index in [2.05, 4.69) is 17.9 Å². The maximum Gasteiger partial charge on any atom is 0.237 e. The number of rotatable bonds is 3. The van der Waals surface area contributed by atoms with Gasteiger partial charge < -0.3 is 5.32 Å². The van der Waals surface area contributed by atoms with Gasteiger partial charge in [0.25, 0.3) is 0 Å². The van der Waals surface area contributed by atoms with Crippen molar-refractivity contribution in [2.24, 2.45) is 0 Å². The van der Waals surface area contributed by atoms with Gasteiger partial charge in [-0.3, -0.25) is 4.79 Å². The number of hydrogen-bond donors (Lipinski definition) is 2. The molecule has 0 aliphatic rings. The SMILES string of the molecule is CC.CCC(S)C(=O)Nc1ccccc1C#N.[HH]. The number of carbonyl (C=O) groups is 1. The van der Waals surface area contributed by atoms with Crippen LogP contribution >= 0.6 is 12.6 Å². The Hall–Kier alpha value is -1.47. The molecule has 1 rings (SSSR count). The van der Waals surface area contributed by atoms with Gasteiger partial charge in [0.1, 0.15) is 6.07 Å². The molecule has 1 aromatic carbocycles. The lowest BCUT2D eigenvalue weighted by Crippen LogP contribution is -2.22. The van der Waals surface area contributed by atoms with Gasteiger partial charge in [0.15, 0.2) is 0 Å². The third-order valence-corrected chi connectivity index (χ3v) is 2.59. The summed E-state index contributed by atoms with van der Waals surface area (Å²) in [5.41, 5.74) is 1.000. The largest absolute Gasteiger partial charge is 0.324 e. The van der Waals surface area contributed by atoms with E-state index in [4.69, 9.17) is 5.26 Å². The summed E-state index contributed by atoms with van der Waals surface area (Å²) in [6.07, 6.45) is 0.656. The molecule has 0 fully saturated rings. The first-order chi connectivity index (χ1) is 8.19.